The van der Waals surface area contributed by atoms with Gasteiger partial charge in [-0.25, -0.2) is 5.43 Å². The minimum Gasteiger partial charge on any atom is -0.326 e. The van der Waals surface area contributed by atoms with E-state index >= 15 is 0 Å². The molecule has 0 saturated carbocycles. The van der Waals surface area contributed by atoms with Crippen molar-refractivity contribution in [3.8, 4) is 0 Å². The number of hydrazone groups is 1. The molecule has 2 aromatic carbocycles. The second kappa shape index (κ2) is 9.04. The van der Waals surface area contributed by atoms with Crippen molar-refractivity contribution in [3.63, 3.8) is 0 Å². The van der Waals surface area contributed by atoms with Crippen molar-refractivity contribution in [2.75, 3.05) is 5.32 Å². The van der Waals surface area contributed by atoms with Crippen LogP contribution in [0, 0.1) is 13.7 Å². The second-order valence-electron chi connectivity index (χ2n) is 5.30. The van der Waals surface area contributed by atoms with Gasteiger partial charge >= 0.3 is 0 Å². The summed E-state index contributed by atoms with van der Waals surface area (Å²) in [6, 6.07) is 12.6. The van der Waals surface area contributed by atoms with Crippen LogP contribution in [0.4, 0.5) is 11.4 Å². The molecule has 8 nitrogen and oxygen atoms in total. The summed E-state index contributed by atoms with van der Waals surface area (Å²) in [4.78, 5) is 34.1. The van der Waals surface area contributed by atoms with Crippen LogP contribution < -0.4 is 10.7 Å². The van der Waals surface area contributed by atoms with Crippen LogP contribution in [0.1, 0.15) is 23.7 Å². The fraction of sp³-hybridized carbons (Fsp3) is 0.118. The average molecular weight is 466 g/mol. The lowest BCUT2D eigenvalue weighted by Gasteiger charge is -2.06. The van der Waals surface area contributed by atoms with Crippen molar-refractivity contribution in [3.05, 3.63) is 67.8 Å². The number of amides is 2. The summed E-state index contributed by atoms with van der Waals surface area (Å²) >= 11 is 2.06. The van der Waals surface area contributed by atoms with E-state index in [-0.39, 0.29) is 23.9 Å². The number of halogens is 1. The lowest BCUT2D eigenvalue weighted by atomic mass is 10.2. The summed E-state index contributed by atoms with van der Waals surface area (Å²) in [7, 11) is 0. The third kappa shape index (κ3) is 5.62. The molecule has 0 aliphatic carbocycles. The largest absolute Gasteiger partial charge is 0.326 e. The van der Waals surface area contributed by atoms with Gasteiger partial charge < -0.3 is 5.32 Å². The Bertz CT molecular complexity index is 865. The highest BCUT2D eigenvalue weighted by Crippen LogP contribution is 2.15. The van der Waals surface area contributed by atoms with Crippen LogP contribution in [0.15, 0.2) is 53.6 Å². The number of hydrogen-bond donors (Lipinski definition) is 2. The Morgan fingerprint density at radius 1 is 1.15 bits per heavy atom. The number of anilines is 1. The van der Waals surface area contributed by atoms with Crippen LogP contribution in [0.5, 0.6) is 0 Å². The Morgan fingerprint density at radius 2 is 1.81 bits per heavy atom. The molecule has 2 N–H and O–H groups in total. The smallest absolute Gasteiger partial charge is 0.272 e. The first kappa shape index (κ1) is 19.5. The van der Waals surface area contributed by atoms with E-state index in [1.54, 1.807) is 19.1 Å². The van der Waals surface area contributed by atoms with Crippen LogP contribution >= 0.6 is 22.6 Å². The molecule has 26 heavy (non-hydrogen) atoms. The normalized spacial score (nSPS) is 10.9. The molecular weight excluding hydrogens is 451 g/mol. The van der Waals surface area contributed by atoms with E-state index in [2.05, 4.69) is 38.4 Å². The number of carbonyl (C=O) groups is 2. The molecule has 0 aliphatic heterocycles. The summed E-state index contributed by atoms with van der Waals surface area (Å²) in [5.74, 6) is -0.700. The number of nitro groups is 1. The molecule has 0 saturated heterocycles. The van der Waals surface area contributed by atoms with Gasteiger partial charge in [-0.05, 0) is 53.8 Å². The summed E-state index contributed by atoms with van der Waals surface area (Å²) in [5, 5.41) is 17.1. The van der Waals surface area contributed by atoms with Crippen LogP contribution in [0.25, 0.3) is 0 Å². The Labute approximate surface area is 163 Å². The fourth-order valence-corrected chi connectivity index (χ4v) is 2.63. The highest BCUT2D eigenvalue weighted by atomic mass is 127. The molecule has 0 radical (unpaired) electrons. The summed E-state index contributed by atoms with van der Waals surface area (Å²) < 4.78 is 0.798. The molecule has 0 unspecified atom stereocenters. The molecular formula is C17H15IN4O4. The first-order valence-electron chi connectivity index (χ1n) is 7.49. The molecule has 0 atom stereocenters. The molecule has 0 aliphatic rings. The van der Waals surface area contributed by atoms with Gasteiger partial charge in [0.15, 0.2) is 0 Å². The quantitative estimate of drug-likeness (QED) is 0.294. The molecule has 0 bridgehead atoms. The minimum absolute atomic E-state index is 0.0247. The van der Waals surface area contributed by atoms with E-state index < -0.39 is 4.92 Å². The van der Waals surface area contributed by atoms with Crippen LogP contribution in [-0.2, 0) is 4.79 Å². The van der Waals surface area contributed by atoms with E-state index in [0.29, 0.717) is 17.0 Å². The van der Waals surface area contributed by atoms with E-state index in [1.807, 2.05) is 12.1 Å². The molecule has 0 aromatic heterocycles. The predicted octanol–water partition coefficient (Wildman–Crippen LogP) is 3.33. The molecule has 2 aromatic rings. The molecule has 0 fully saturated rings. The SMILES string of the molecule is C/C(CC(=O)Nc1ccc([N+](=O)[O-])cc1)=N\NC(=O)c1ccccc1I. The van der Waals surface area contributed by atoms with Gasteiger partial charge in [0.2, 0.25) is 5.91 Å². The third-order valence-corrected chi connectivity index (χ3v) is 4.19. The van der Waals surface area contributed by atoms with Crippen LogP contribution in [-0.4, -0.2) is 22.4 Å². The zero-order chi connectivity index (χ0) is 19.1. The molecule has 134 valence electrons. The molecule has 9 heteroatoms. The van der Waals surface area contributed by atoms with E-state index in [4.69, 9.17) is 0 Å². The zero-order valence-corrected chi connectivity index (χ0v) is 15.9. The first-order valence-corrected chi connectivity index (χ1v) is 8.57. The van der Waals surface area contributed by atoms with Crippen molar-refractivity contribution in [1.82, 2.24) is 5.43 Å². The predicted molar refractivity (Wildman–Crippen MR) is 106 cm³/mol. The zero-order valence-electron chi connectivity index (χ0n) is 13.7. The Balaban J connectivity index is 1.89. The average Bonchev–Trinajstić information content (AvgIpc) is 2.60. The molecule has 2 amide bonds. The maximum absolute atomic E-state index is 12.1. The number of nitrogens with one attached hydrogen (secondary N) is 2. The van der Waals surface area contributed by atoms with Gasteiger partial charge in [-0.2, -0.15) is 5.10 Å². The Morgan fingerprint density at radius 3 is 2.42 bits per heavy atom. The van der Waals surface area contributed by atoms with Crippen LogP contribution in [0.3, 0.4) is 0 Å². The number of non-ortho nitro benzene ring substituents is 1. The van der Waals surface area contributed by atoms with Gasteiger partial charge in [0.25, 0.3) is 11.6 Å². The van der Waals surface area contributed by atoms with Crippen molar-refractivity contribution in [2.45, 2.75) is 13.3 Å². The molecule has 0 spiro atoms. The van der Waals surface area contributed by atoms with Crippen molar-refractivity contribution < 1.29 is 14.5 Å². The van der Waals surface area contributed by atoms with Crippen molar-refractivity contribution >= 4 is 51.5 Å². The Hall–Kier alpha value is -2.82. The van der Waals surface area contributed by atoms with Gasteiger partial charge in [0.1, 0.15) is 0 Å². The summed E-state index contributed by atoms with van der Waals surface area (Å²) in [6.07, 6.45) is -0.0247. The van der Waals surface area contributed by atoms with E-state index in [9.17, 15) is 19.7 Å². The lowest BCUT2D eigenvalue weighted by molar-refractivity contribution is -0.384. The molecule has 0 heterocycles. The molecule has 2 rings (SSSR count). The topological polar surface area (TPSA) is 114 Å². The fourth-order valence-electron chi connectivity index (χ4n) is 2.00. The lowest BCUT2D eigenvalue weighted by Crippen LogP contribution is -2.22. The summed E-state index contributed by atoms with van der Waals surface area (Å²) in [5.41, 5.74) is 3.72. The monoisotopic (exact) mass is 466 g/mol. The first-order chi connectivity index (χ1) is 12.4. The number of nitrogens with zero attached hydrogens (tertiary/aromatic N) is 2. The number of carbonyl (C=O) groups excluding carboxylic acids is 2. The van der Waals surface area contributed by atoms with Crippen LogP contribution in [0.2, 0.25) is 0 Å². The van der Waals surface area contributed by atoms with Crippen molar-refractivity contribution in [2.24, 2.45) is 5.10 Å². The number of nitro benzene ring substituents is 1. The van der Waals surface area contributed by atoms with Gasteiger partial charge in [-0.3, -0.25) is 19.7 Å². The van der Waals surface area contributed by atoms with Gasteiger partial charge in [-0.15, -0.1) is 0 Å². The highest BCUT2D eigenvalue weighted by Gasteiger charge is 2.10. The van der Waals surface area contributed by atoms with Crippen molar-refractivity contribution in [1.29, 1.82) is 0 Å². The maximum Gasteiger partial charge on any atom is 0.272 e. The number of benzene rings is 2. The maximum atomic E-state index is 12.1. The third-order valence-electron chi connectivity index (χ3n) is 3.25. The van der Waals surface area contributed by atoms with Gasteiger partial charge in [0.05, 0.1) is 16.9 Å². The second-order valence-corrected chi connectivity index (χ2v) is 6.46. The summed E-state index contributed by atoms with van der Waals surface area (Å²) in [6.45, 7) is 1.62. The van der Waals surface area contributed by atoms with Gasteiger partial charge in [0, 0.05) is 27.1 Å². The van der Waals surface area contributed by atoms with Gasteiger partial charge in [-0.1, -0.05) is 12.1 Å². The number of hydrogen-bond acceptors (Lipinski definition) is 5. The van der Waals surface area contributed by atoms with E-state index in [1.165, 1.54) is 24.3 Å². The minimum atomic E-state index is -0.515. The Kier molecular flexibility index (Phi) is 6.78. The van der Waals surface area contributed by atoms with E-state index in [0.717, 1.165) is 3.57 Å². The highest BCUT2D eigenvalue weighted by molar-refractivity contribution is 14.1. The number of rotatable bonds is 6. The standard InChI is InChI=1S/C17H15IN4O4/c1-11(20-21-17(24)14-4-2-3-5-15(14)18)10-16(23)19-12-6-8-13(9-7-12)22(25)26/h2-9H,10H2,1H3,(H,19,23)(H,21,24)/b20-11+.